The van der Waals surface area contributed by atoms with Gasteiger partial charge in [-0.1, -0.05) is 15.9 Å². The number of ether oxygens (including phenoxy) is 1. The highest BCUT2D eigenvalue weighted by Crippen LogP contribution is 2.40. The second kappa shape index (κ2) is 4.71. The summed E-state index contributed by atoms with van der Waals surface area (Å²) in [5.41, 5.74) is 6.24. The van der Waals surface area contributed by atoms with Crippen LogP contribution >= 0.6 is 15.9 Å². The van der Waals surface area contributed by atoms with Gasteiger partial charge in [-0.25, -0.2) is 0 Å². The van der Waals surface area contributed by atoms with Crippen LogP contribution in [-0.2, 0) is 4.79 Å². The molecular weight excluding hydrogens is 278 g/mol. The number of aliphatic carboxylic acids is 1. The summed E-state index contributed by atoms with van der Waals surface area (Å²) in [6, 6.07) is 0.192. The lowest BCUT2D eigenvalue weighted by Crippen LogP contribution is -2.21. The zero-order valence-electron chi connectivity index (χ0n) is 8.82. The lowest BCUT2D eigenvalue weighted by molar-refractivity contribution is -0.138. The van der Waals surface area contributed by atoms with E-state index in [1.54, 1.807) is 6.92 Å². The van der Waals surface area contributed by atoms with E-state index in [0.717, 1.165) is 0 Å². The van der Waals surface area contributed by atoms with Gasteiger partial charge in [0.2, 0.25) is 0 Å². The summed E-state index contributed by atoms with van der Waals surface area (Å²) in [4.78, 5) is 10.8. The fourth-order valence-electron chi connectivity index (χ4n) is 1.35. The van der Waals surface area contributed by atoms with Gasteiger partial charge in [0.15, 0.2) is 11.5 Å². The van der Waals surface area contributed by atoms with Crippen LogP contribution in [0.5, 0.6) is 11.5 Å². The first-order valence-electron chi connectivity index (χ1n) is 4.44. The Morgan fingerprint density at radius 2 is 2.19 bits per heavy atom. The lowest BCUT2D eigenvalue weighted by Gasteiger charge is -2.15. The maximum atomic E-state index is 10.8. The molecule has 1 atom stereocenters. The predicted octanol–water partition coefficient (Wildman–Crippen LogP) is 1.56. The van der Waals surface area contributed by atoms with Crippen LogP contribution in [0, 0.1) is 6.92 Å². The Morgan fingerprint density at radius 3 is 2.62 bits per heavy atom. The van der Waals surface area contributed by atoms with Crippen molar-refractivity contribution in [1.82, 2.24) is 0 Å². The second-order valence-electron chi connectivity index (χ2n) is 3.27. The molecule has 0 saturated heterocycles. The lowest BCUT2D eigenvalue weighted by atomic mass is 10.0. The summed E-state index contributed by atoms with van der Waals surface area (Å²) < 4.78 is 5.63. The molecular formula is C10H12BrNO4. The van der Waals surface area contributed by atoms with E-state index >= 15 is 0 Å². The van der Waals surface area contributed by atoms with Gasteiger partial charge in [0.25, 0.3) is 0 Å². The van der Waals surface area contributed by atoms with Gasteiger partial charge in [0.1, 0.15) is 6.04 Å². The summed E-state index contributed by atoms with van der Waals surface area (Å²) in [5.74, 6) is -1.23. The van der Waals surface area contributed by atoms with E-state index in [2.05, 4.69) is 15.9 Å². The molecule has 4 N–H and O–H groups in total. The molecule has 6 heteroatoms. The number of methoxy groups -OCH3 is 1. The van der Waals surface area contributed by atoms with E-state index in [4.69, 9.17) is 15.6 Å². The van der Waals surface area contributed by atoms with Crippen molar-refractivity contribution < 1.29 is 19.7 Å². The molecule has 0 heterocycles. The van der Waals surface area contributed by atoms with Crippen molar-refractivity contribution in [3.8, 4) is 11.5 Å². The number of benzene rings is 1. The highest BCUT2D eigenvalue weighted by molar-refractivity contribution is 9.10. The molecule has 0 aromatic heterocycles. The van der Waals surface area contributed by atoms with Gasteiger partial charge in [-0.15, -0.1) is 0 Å². The van der Waals surface area contributed by atoms with Crippen LogP contribution in [0.3, 0.4) is 0 Å². The number of rotatable bonds is 3. The quantitative estimate of drug-likeness (QED) is 0.785. The van der Waals surface area contributed by atoms with E-state index in [1.807, 2.05) is 0 Å². The molecule has 0 aliphatic carbocycles. The molecule has 0 radical (unpaired) electrons. The van der Waals surface area contributed by atoms with Crippen LogP contribution in [0.2, 0.25) is 0 Å². The van der Waals surface area contributed by atoms with E-state index in [-0.39, 0.29) is 17.1 Å². The minimum Gasteiger partial charge on any atom is -0.504 e. The monoisotopic (exact) mass is 289 g/mol. The summed E-state index contributed by atoms with van der Waals surface area (Å²) in [6.45, 7) is 1.73. The maximum absolute atomic E-state index is 10.8. The van der Waals surface area contributed by atoms with Crippen molar-refractivity contribution in [2.45, 2.75) is 13.0 Å². The largest absolute Gasteiger partial charge is 0.504 e. The average molecular weight is 290 g/mol. The number of aromatic hydroxyl groups is 1. The summed E-state index contributed by atoms with van der Waals surface area (Å²) in [7, 11) is 1.39. The summed E-state index contributed by atoms with van der Waals surface area (Å²) in [6.07, 6.45) is 0. The average Bonchev–Trinajstić information content (AvgIpc) is 2.23. The highest BCUT2D eigenvalue weighted by Gasteiger charge is 2.23. The Kier molecular flexibility index (Phi) is 3.77. The first kappa shape index (κ1) is 12.8. The number of hydrogen-bond donors (Lipinski definition) is 3. The van der Waals surface area contributed by atoms with E-state index in [1.165, 1.54) is 13.2 Å². The number of hydrogen-bond acceptors (Lipinski definition) is 4. The van der Waals surface area contributed by atoms with Crippen LogP contribution in [0.4, 0.5) is 0 Å². The number of carboxylic acid groups (broad SMARTS) is 1. The standard InChI is InChI=1S/C10H12BrNO4/c1-4-6(11)3-5(7(12)10(14)15)8(13)9(4)16-2/h3,7,13H,12H2,1-2H3,(H,14,15). The number of nitrogens with two attached hydrogens (primary N) is 1. The number of halogens is 1. The fraction of sp³-hybridized carbons (Fsp3) is 0.300. The molecule has 1 aromatic rings. The fourth-order valence-corrected chi connectivity index (χ4v) is 1.78. The van der Waals surface area contributed by atoms with Crippen LogP contribution in [0.15, 0.2) is 10.5 Å². The maximum Gasteiger partial charge on any atom is 0.325 e. The molecule has 0 fully saturated rings. The Balaban J connectivity index is 3.42. The third-order valence-electron chi connectivity index (χ3n) is 2.27. The van der Waals surface area contributed by atoms with Crippen molar-refractivity contribution in [3.63, 3.8) is 0 Å². The van der Waals surface area contributed by atoms with Crippen molar-refractivity contribution in [1.29, 1.82) is 0 Å². The Morgan fingerprint density at radius 1 is 1.62 bits per heavy atom. The van der Waals surface area contributed by atoms with Crippen molar-refractivity contribution >= 4 is 21.9 Å². The van der Waals surface area contributed by atoms with Gasteiger partial charge in [0.05, 0.1) is 7.11 Å². The Hall–Kier alpha value is -1.27. The van der Waals surface area contributed by atoms with Gasteiger partial charge in [-0.3, -0.25) is 4.79 Å². The molecule has 1 unspecified atom stereocenters. The first-order valence-corrected chi connectivity index (χ1v) is 5.23. The molecule has 88 valence electrons. The molecule has 0 aliphatic heterocycles. The molecule has 5 nitrogen and oxygen atoms in total. The van der Waals surface area contributed by atoms with Crippen molar-refractivity contribution in [3.05, 3.63) is 21.7 Å². The van der Waals surface area contributed by atoms with Crippen LogP contribution in [0.1, 0.15) is 17.2 Å². The molecule has 0 aliphatic rings. The number of phenolic OH excluding ortho intramolecular Hbond substituents is 1. The summed E-state index contributed by atoms with van der Waals surface area (Å²) in [5, 5.41) is 18.6. The minimum atomic E-state index is -1.29. The number of carbonyl (C=O) groups is 1. The van der Waals surface area contributed by atoms with E-state index in [9.17, 15) is 9.90 Å². The van der Waals surface area contributed by atoms with Gasteiger partial charge in [-0.2, -0.15) is 0 Å². The first-order chi connectivity index (χ1) is 7.40. The number of carboxylic acids is 1. The smallest absolute Gasteiger partial charge is 0.325 e. The molecule has 0 saturated carbocycles. The van der Waals surface area contributed by atoms with Crippen LogP contribution in [-0.4, -0.2) is 23.3 Å². The molecule has 1 rings (SSSR count). The summed E-state index contributed by atoms with van der Waals surface area (Å²) >= 11 is 3.25. The van der Waals surface area contributed by atoms with E-state index in [0.29, 0.717) is 10.0 Å². The van der Waals surface area contributed by atoms with Gasteiger partial charge in [-0.05, 0) is 13.0 Å². The second-order valence-corrected chi connectivity index (χ2v) is 4.12. The topological polar surface area (TPSA) is 92.8 Å². The highest BCUT2D eigenvalue weighted by atomic mass is 79.9. The van der Waals surface area contributed by atoms with Gasteiger partial charge < -0.3 is 20.7 Å². The van der Waals surface area contributed by atoms with Gasteiger partial charge >= 0.3 is 5.97 Å². The molecule has 1 aromatic carbocycles. The van der Waals surface area contributed by atoms with E-state index < -0.39 is 12.0 Å². The third-order valence-corrected chi connectivity index (χ3v) is 3.10. The van der Waals surface area contributed by atoms with Gasteiger partial charge in [0, 0.05) is 15.6 Å². The third kappa shape index (κ3) is 2.12. The Bertz CT molecular complexity index is 433. The molecule has 0 spiro atoms. The SMILES string of the molecule is COc1c(C)c(Br)cc(C(N)C(=O)O)c1O. The van der Waals surface area contributed by atoms with Crippen molar-refractivity contribution in [2.24, 2.45) is 5.73 Å². The van der Waals surface area contributed by atoms with Crippen LogP contribution in [0.25, 0.3) is 0 Å². The number of phenols is 1. The Labute approximate surface area is 101 Å². The van der Waals surface area contributed by atoms with Crippen molar-refractivity contribution in [2.75, 3.05) is 7.11 Å². The molecule has 0 bridgehead atoms. The molecule has 0 amide bonds. The van der Waals surface area contributed by atoms with Crippen LogP contribution < -0.4 is 10.5 Å². The predicted molar refractivity (Wildman–Crippen MR) is 61.7 cm³/mol. The normalized spacial score (nSPS) is 12.2. The molecule has 16 heavy (non-hydrogen) atoms. The minimum absolute atomic E-state index is 0.113. The zero-order chi connectivity index (χ0) is 12.5. The zero-order valence-corrected chi connectivity index (χ0v) is 10.4.